The van der Waals surface area contributed by atoms with Crippen LogP contribution in [0.1, 0.15) is 17.5 Å². The van der Waals surface area contributed by atoms with Crippen molar-refractivity contribution in [2.24, 2.45) is 0 Å². The molecule has 5 nitrogen and oxygen atoms in total. The predicted molar refractivity (Wildman–Crippen MR) is 74.8 cm³/mol. The van der Waals surface area contributed by atoms with E-state index in [-0.39, 0.29) is 25.5 Å². The van der Waals surface area contributed by atoms with Crippen molar-refractivity contribution in [3.63, 3.8) is 0 Å². The van der Waals surface area contributed by atoms with Crippen LogP contribution < -0.4 is 10.1 Å². The second-order valence-corrected chi connectivity index (χ2v) is 5.30. The molecule has 1 aromatic carbocycles. The average molecular weight is 279 g/mol. The van der Waals surface area contributed by atoms with Crippen molar-refractivity contribution in [3.8, 4) is 5.75 Å². The maximum absolute atomic E-state index is 12.0. The molecule has 0 saturated carbocycles. The van der Waals surface area contributed by atoms with E-state index in [1.165, 1.54) is 0 Å². The highest BCUT2D eigenvalue weighted by molar-refractivity contribution is 5.79. The molecule has 1 saturated heterocycles. The molecule has 1 unspecified atom stereocenters. The Bertz CT molecular complexity index is 481. The fraction of sp³-hybridized carbons (Fsp3) is 0.533. The molecule has 1 heterocycles. The monoisotopic (exact) mass is 279 g/mol. The molecule has 5 heteroatoms. The van der Waals surface area contributed by atoms with Gasteiger partial charge in [-0.15, -0.1) is 0 Å². The van der Waals surface area contributed by atoms with Crippen molar-refractivity contribution < 1.29 is 19.4 Å². The molecule has 0 radical (unpaired) electrons. The van der Waals surface area contributed by atoms with E-state index in [4.69, 9.17) is 9.47 Å². The SMILES string of the molecule is COc1ccc(C)cc1CC(=O)NCC1(O)CCOC1. The Kier molecular flexibility index (Phi) is 4.62. The van der Waals surface area contributed by atoms with Gasteiger partial charge in [0.1, 0.15) is 11.4 Å². The summed E-state index contributed by atoms with van der Waals surface area (Å²) in [7, 11) is 1.59. The van der Waals surface area contributed by atoms with E-state index in [2.05, 4.69) is 5.32 Å². The van der Waals surface area contributed by atoms with Crippen LogP contribution in [0.5, 0.6) is 5.75 Å². The molecule has 0 bridgehead atoms. The number of nitrogens with one attached hydrogen (secondary N) is 1. The second-order valence-electron chi connectivity index (χ2n) is 5.30. The molecule has 1 aliphatic heterocycles. The van der Waals surface area contributed by atoms with Crippen molar-refractivity contribution in [1.29, 1.82) is 0 Å². The second kappa shape index (κ2) is 6.24. The Labute approximate surface area is 118 Å². The van der Waals surface area contributed by atoms with Crippen LogP contribution >= 0.6 is 0 Å². The van der Waals surface area contributed by atoms with Gasteiger partial charge in [-0.05, 0) is 13.0 Å². The molecule has 1 aliphatic rings. The van der Waals surface area contributed by atoms with Crippen molar-refractivity contribution in [2.45, 2.75) is 25.4 Å². The van der Waals surface area contributed by atoms with Gasteiger partial charge in [-0.1, -0.05) is 17.7 Å². The molecule has 0 spiro atoms. The van der Waals surface area contributed by atoms with Crippen molar-refractivity contribution in [1.82, 2.24) is 5.32 Å². The van der Waals surface area contributed by atoms with Crippen LogP contribution in [-0.2, 0) is 16.0 Å². The molecular formula is C15H21NO4. The first-order valence-corrected chi connectivity index (χ1v) is 6.73. The van der Waals surface area contributed by atoms with Crippen LogP contribution in [0.25, 0.3) is 0 Å². The third-order valence-corrected chi connectivity index (χ3v) is 3.48. The molecule has 20 heavy (non-hydrogen) atoms. The Balaban J connectivity index is 1.92. The summed E-state index contributed by atoms with van der Waals surface area (Å²) in [5.41, 5.74) is 1.00. The molecule has 2 N–H and O–H groups in total. The van der Waals surface area contributed by atoms with E-state index >= 15 is 0 Å². The fourth-order valence-electron chi connectivity index (χ4n) is 2.28. The number of aliphatic hydroxyl groups is 1. The number of hydrogen-bond donors (Lipinski definition) is 2. The first-order valence-electron chi connectivity index (χ1n) is 6.73. The molecule has 0 aromatic heterocycles. The van der Waals surface area contributed by atoms with Gasteiger partial charge in [-0.2, -0.15) is 0 Å². The number of hydrogen-bond acceptors (Lipinski definition) is 4. The number of carbonyl (C=O) groups is 1. The summed E-state index contributed by atoms with van der Waals surface area (Å²) in [5, 5.41) is 12.8. The Morgan fingerprint density at radius 1 is 1.55 bits per heavy atom. The van der Waals surface area contributed by atoms with Crippen LogP contribution in [0.4, 0.5) is 0 Å². The molecular weight excluding hydrogens is 258 g/mol. The standard InChI is InChI=1S/C15H21NO4/c1-11-3-4-13(19-2)12(7-11)8-14(17)16-9-15(18)5-6-20-10-15/h3-4,7,18H,5-6,8-10H2,1-2H3,(H,16,17). The van der Waals surface area contributed by atoms with Gasteiger partial charge < -0.3 is 19.9 Å². The summed E-state index contributed by atoms with van der Waals surface area (Å²) in [6, 6.07) is 5.74. The van der Waals surface area contributed by atoms with E-state index < -0.39 is 5.60 Å². The maximum atomic E-state index is 12.0. The molecule has 0 aliphatic carbocycles. The maximum Gasteiger partial charge on any atom is 0.224 e. The topological polar surface area (TPSA) is 67.8 Å². The molecule has 1 amide bonds. The fourth-order valence-corrected chi connectivity index (χ4v) is 2.28. The summed E-state index contributed by atoms with van der Waals surface area (Å²) in [4.78, 5) is 12.0. The Morgan fingerprint density at radius 3 is 3.00 bits per heavy atom. The van der Waals surface area contributed by atoms with Gasteiger partial charge in [0, 0.05) is 25.1 Å². The number of benzene rings is 1. The summed E-state index contributed by atoms with van der Waals surface area (Å²) in [5.74, 6) is 0.572. The molecule has 110 valence electrons. The highest BCUT2D eigenvalue weighted by atomic mass is 16.5. The first-order chi connectivity index (χ1) is 9.52. The molecule has 1 aromatic rings. The lowest BCUT2D eigenvalue weighted by Gasteiger charge is -2.20. The van der Waals surface area contributed by atoms with Gasteiger partial charge >= 0.3 is 0 Å². The van der Waals surface area contributed by atoms with Crippen molar-refractivity contribution in [3.05, 3.63) is 29.3 Å². The Hall–Kier alpha value is -1.59. The van der Waals surface area contributed by atoms with Gasteiger partial charge in [-0.3, -0.25) is 4.79 Å². The van der Waals surface area contributed by atoms with E-state index in [0.717, 1.165) is 11.1 Å². The molecule has 1 fully saturated rings. The van der Waals surface area contributed by atoms with Gasteiger partial charge in [0.2, 0.25) is 5.91 Å². The largest absolute Gasteiger partial charge is 0.496 e. The van der Waals surface area contributed by atoms with Crippen LogP contribution in [-0.4, -0.2) is 43.5 Å². The third-order valence-electron chi connectivity index (χ3n) is 3.48. The third kappa shape index (κ3) is 3.71. The van der Waals surface area contributed by atoms with E-state index in [0.29, 0.717) is 18.8 Å². The number of ether oxygens (including phenoxy) is 2. The van der Waals surface area contributed by atoms with Gasteiger partial charge in [0.15, 0.2) is 0 Å². The van der Waals surface area contributed by atoms with Crippen LogP contribution in [0, 0.1) is 6.92 Å². The van der Waals surface area contributed by atoms with E-state index in [1.807, 2.05) is 25.1 Å². The smallest absolute Gasteiger partial charge is 0.224 e. The normalized spacial score (nSPS) is 21.8. The number of rotatable bonds is 5. The summed E-state index contributed by atoms with van der Waals surface area (Å²) in [6.07, 6.45) is 0.794. The zero-order chi connectivity index (χ0) is 14.6. The first kappa shape index (κ1) is 14.8. The zero-order valence-corrected chi connectivity index (χ0v) is 11.9. The quantitative estimate of drug-likeness (QED) is 0.837. The van der Waals surface area contributed by atoms with Gasteiger partial charge in [0.25, 0.3) is 0 Å². The number of aryl methyl sites for hydroxylation is 1. The lowest BCUT2D eigenvalue weighted by atomic mass is 10.0. The van der Waals surface area contributed by atoms with Crippen molar-refractivity contribution >= 4 is 5.91 Å². The van der Waals surface area contributed by atoms with Gasteiger partial charge in [0.05, 0.1) is 20.1 Å². The minimum absolute atomic E-state index is 0.130. The Morgan fingerprint density at radius 2 is 2.35 bits per heavy atom. The predicted octanol–water partition coefficient (Wildman–Crippen LogP) is 0.814. The summed E-state index contributed by atoms with van der Waals surface area (Å²) >= 11 is 0. The number of methoxy groups -OCH3 is 1. The lowest BCUT2D eigenvalue weighted by Crippen LogP contribution is -2.43. The van der Waals surface area contributed by atoms with Crippen LogP contribution in [0.3, 0.4) is 0 Å². The minimum atomic E-state index is -0.924. The average Bonchev–Trinajstić information content (AvgIpc) is 2.84. The molecule has 2 rings (SSSR count). The van der Waals surface area contributed by atoms with Gasteiger partial charge in [-0.25, -0.2) is 0 Å². The molecule has 1 atom stereocenters. The van der Waals surface area contributed by atoms with Crippen LogP contribution in [0.2, 0.25) is 0 Å². The minimum Gasteiger partial charge on any atom is -0.496 e. The van der Waals surface area contributed by atoms with Crippen molar-refractivity contribution in [2.75, 3.05) is 26.9 Å². The zero-order valence-electron chi connectivity index (χ0n) is 11.9. The number of carbonyl (C=O) groups excluding carboxylic acids is 1. The summed E-state index contributed by atoms with van der Waals surface area (Å²) in [6.45, 7) is 3.01. The summed E-state index contributed by atoms with van der Waals surface area (Å²) < 4.78 is 10.4. The van der Waals surface area contributed by atoms with E-state index in [1.54, 1.807) is 7.11 Å². The van der Waals surface area contributed by atoms with E-state index in [9.17, 15) is 9.90 Å². The number of amides is 1. The van der Waals surface area contributed by atoms with Crippen LogP contribution in [0.15, 0.2) is 18.2 Å². The highest BCUT2D eigenvalue weighted by Gasteiger charge is 2.32. The highest BCUT2D eigenvalue weighted by Crippen LogP contribution is 2.20. The lowest BCUT2D eigenvalue weighted by molar-refractivity contribution is -0.121.